The first-order valence-corrected chi connectivity index (χ1v) is 14.1. The summed E-state index contributed by atoms with van der Waals surface area (Å²) in [6.45, 7) is 0. The Bertz CT molecular complexity index is 2140. The number of thiophene rings is 1. The van der Waals surface area contributed by atoms with E-state index in [4.69, 9.17) is 0 Å². The van der Waals surface area contributed by atoms with E-state index in [-0.39, 0.29) is 0 Å². The molecule has 38 heavy (non-hydrogen) atoms. The lowest BCUT2D eigenvalue weighted by molar-refractivity contribution is 1.03. The molecule has 8 aromatic rings. The Hall–Kier alpha value is -4.40. The Morgan fingerprint density at radius 1 is 0.553 bits per heavy atom. The van der Waals surface area contributed by atoms with Crippen LogP contribution in [0.4, 0.5) is 0 Å². The molecule has 0 radical (unpaired) electrons. The fraction of sp³-hybridized carbons (Fsp3) is 0.0556. The molecule has 2 aromatic heterocycles. The molecule has 0 spiro atoms. The molecular weight excluding hydrogens is 478 g/mol. The average Bonchev–Trinajstić information content (AvgIpc) is 3.52. The fourth-order valence-electron chi connectivity index (χ4n) is 6.80. The summed E-state index contributed by atoms with van der Waals surface area (Å²) in [7, 11) is 0. The van der Waals surface area contributed by atoms with E-state index >= 15 is 0 Å². The number of allylic oxidation sites excluding steroid dienone is 1. The molecule has 1 nitrogen and oxygen atoms in total. The largest absolute Gasteiger partial charge is 0.309 e. The maximum absolute atomic E-state index is 2.48. The normalized spacial score (nSPS) is 13.7. The van der Waals surface area contributed by atoms with Gasteiger partial charge in [-0.1, -0.05) is 78.9 Å². The molecule has 1 aliphatic rings. The summed E-state index contributed by atoms with van der Waals surface area (Å²) in [6, 6.07) is 40.4. The quantitative estimate of drug-likeness (QED) is 0.208. The first-order chi connectivity index (χ1) is 18.8. The number of aryl methyl sites for hydroxylation is 1. The molecule has 0 unspecified atom stereocenters. The molecule has 0 atom stereocenters. The Labute approximate surface area is 224 Å². The van der Waals surface area contributed by atoms with E-state index in [2.05, 4.69) is 120 Å². The Morgan fingerprint density at radius 3 is 1.92 bits per heavy atom. The van der Waals surface area contributed by atoms with Gasteiger partial charge in [0.1, 0.15) is 0 Å². The highest BCUT2D eigenvalue weighted by Gasteiger charge is 2.21. The molecule has 0 amide bonds. The lowest BCUT2D eigenvalue weighted by Crippen LogP contribution is -1.96. The van der Waals surface area contributed by atoms with Gasteiger partial charge in [0.2, 0.25) is 0 Å². The van der Waals surface area contributed by atoms with Gasteiger partial charge < -0.3 is 4.57 Å². The topological polar surface area (TPSA) is 4.93 Å². The monoisotopic (exact) mass is 501 g/mol. The molecule has 0 N–H and O–H groups in total. The van der Waals surface area contributed by atoms with Crippen molar-refractivity contribution in [2.24, 2.45) is 0 Å². The van der Waals surface area contributed by atoms with Crippen molar-refractivity contribution in [2.75, 3.05) is 0 Å². The maximum atomic E-state index is 2.48. The fourth-order valence-corrected chi connectivity index (χ4v) is 7.96. The second-order valence-corrected chi connectivity index (χ2v) is 11.6. The van der Waals surface area contributed by atoms with Gasteiger partial charge in [0.25, 0.3) is 0 Å². The highest BCUT2D eigenvalue weighted by atomic mass is 32.1. The highest BCUT2D eigenvalue weighted by molar-refractivity contribution is 7.19. The third-order valence-corrected chi connectivity index (χ3v) is 9.70. The molecule has 2 heterocycles. The SMILES string of the molecule is C1=C(c2ccccc2)CCc2sc3ccc(-n4c5cccc6c7ccccc7c7cccc4c7c65)cc3c21. The number of hydrogen-bond acceptors (Lipinski definition) is 1. The minimum atomic E-state index is 1.11. The van der Waals surface area contributed by atoms with Gasteiger partial charge in [-0.25, -0.2) is 0 Å². The number of aromatic nitrogens is 1. The standard InChI is InChI=1S/C36H23NS/c1-2-8-22(9-3-1)23-16-18-33-29(20-23)30-21-24(17-19-34(30)38-33)37-31-14-6-12-27-25-10-4-5-11-26(25)28-13-7-15-32(37)36(28)35(27)31/h1-15,17,19-21H,16,18H2. The average molecular weight is 502 g/mol. The minimum absolute atomic E-state index is 1.11. The van der Waals surface area contributed by atoms with E-state index in [0.29, 0.717) is 0 Å². The van der Waals surface area contributed by atoms with Crippen LogP contribution in [0, 0.1) is 0 Å². The van der Waals surface area contributed by atoms with Crippen LogP contribution in [0.5, 0.6) is 0 Å². The van der Waals surface area contributed by atoms with Crippen LogP contribution in [0.25, 0.3) is 70.8 Å². The highest BCUT2D eigenvalue weighted by Crippen LogP contribution is 2.45. The van der Waals surface area contributed by atoms with Crippen LogP contribution < -0.4 is 0 Å². The van der Waals surface area contributed by atoms with Crippen molar-refractivity contribution in [1.82, 2.24) is 4.57 Å². The zero-order valence-corrected chi connectivity index (χ0v) is 21.6. The van der Waals surface area contributed by atoms with E-state index < -0.39 is 0 Å². The van der Waals surface area contributed by atoms with Crippen molar-refractivity contribution in [1.29, 1.82) is 0 Å². The molecule has 178 valence electrons. The number of rotatable bonds is 2. The summed E-state index contributed by atoms with van der Waals surface area (Å²) in [6.07, 6.45) is 4.67. The molecule has 9 rings (SSSR count). The molecule has 0 aliphatic heterocycles. The van der Waals surface area contributed by atoms with Gasteiger partial charge in [0.15, 0.2) is 0 Å². The Balaban J connectivity index is 1.35. The number of benzene rings is 6. The van der Waals surface area contributed by atoms with Gasteiger partial charge in [-0.3, -0.25) is 0 Å². The van der Waals surface area contributed by atoms with Crippen LogP contribution in [0.1, 0.15) is 22.4 Å². The smallest absolute Gasteiger partial charge is 0.0547 e. The van der Waals surface area contributed by atoms with Crippen molar-refractivity contribution in [3.63, 3.8) is 0 Å². The van der Waals surface area contributed by atoms with Crippen molar-refractivity contribution in [3.05, 3.63) is 125 Å². The number of nitrogens with zero attached hydrogens (tertiary/aromatic N) is 1. The van der Waals surface area contributed by atoms with E-state index in [9.17, 15) is 0 Å². The van der Waals surface area contributed by atoms with Crippen LogP contribution in [0.15, 0.2) is 109 Å². The van der Waals surface area contributed by atoms with Gasteiger partial charge in [0.05, 0.1) is 11.0 Å². The summed E-state index contributed by atoms with van der Waals surface area (Å²) >= 11 is 1.96. The van der Waals surface area contributed by atoms with Gasteiger partial charge in [0, 0.05) is 31.4 Å². The van der Waals surface area contributed by atoms with E-state index in [1.807, 2.05) is 11.3 Å². The Kier molecular flexibility index (Phi) is 4.11. The van der Waals surface area contributed by atoms with Crippen LogP contribution in [-0.4, -0.2) is 4.57 Å². The zero-order valence-electron chi connectivity index (χ0n) is 20.7. The van der Waals surface area contributed by atoms with Crippen LogP contribution in [0.2, 0.25) is 0 Å². The van der Waals surface area contributed by atoms with E-state index in [1.54, 1.807) is 0 Å². The molecule has 6 aromatic carbocycles. The molecule has 0 bridgehead atoms. The molecule has 0 fully saturated rings. The first-order valence-electron chi connectivity index (χ1n) is 13.3. The predicted octanol–water partition coefficient (Wildman–Crippen LogP) is 10.2. The number of fused-ring (bicyclic) bond motifs is 6. The predicted molar refractivity (Wildman–Crippen MR) is 165 cm³/mol. The van der Waals surface area contributed by atoms with Gasteiger partial charge in [-0.05, 0) is 87.5 Å². The summed E-state index contributed by atoms with van der Waals surface area (Å²) in [5.41, 5.74) is 7.99. The first kappa shape index (κ1) is 20.6. The maximum Gasteiger partial charge on any atom is 0.0547 e. The lowest BCUT2D eigenvalue weighted by atomic mass is 9.92. The molecule has 0 saturated heterocycles. The van der Waals surface area contributed by atoms with E-state index in [0.717, 1.165) is 12.8 Å². The van der Waals surface area contributed by atoms with Crippen LogP contribution in [-0.2, 0) is 6.42 Å². The van der Waals surface area contributed by atoms with Gasteiger partial charge in [-0.15, -0.1) is 11.3 Å². The summed E-state index contributed by atoms with van der Waals surface area (Å²) < 4.78 is 3.86. The Morgan fingerprint density at radius 2 is 1.21 bits per heavy atom. The van der Waals surface area contributed by atoms with E-state index in [1.165, 1.54) is 80.7 Å². The second kappa shape index (κ2) is 7.56. The van der Waals surface area contributed by atoms with Crippen molar-refractivity contribution >= 4 is 76.4 Å². The van der Waals surface area contributed by atoms with Crippen molar-refractivity contribution < 1.29 is 0 Å². The summed E-state index contributed by atoms with van der Waals surface area (Å²) in [5.74, 6) is 0. The number of hydrogen-bond donors (Lipinski definition) is 0. The van der Waals surface area contributed by atoms with Gasteiger partial charge in [-0.2, -0.15) is 0 Å². The second-order valence-electron chi connectivity index (χ2n) is 10.4. The van der Waals surface area contributed by atoms with Crippen molar-refractivity contribution in [2.45, 2.75) is 12.8 Å². The third-order valence-electron chi connectivity index (χ3n) is 8.45. The van der Waals surface area contributed by atoms with Gasteiger partial charge >= 0.3 is 0 Å². The zero-order chi connectivity index (χ0) is 24.8. The van der Waals surface area contributed by atoms with Crippen molar-refractivity contribution in [3.8, 4) is 5.69 Å². The molecule has 0 saturated carbocycles. The summed E-state index contributed by atoms with van der Waals surface area (Å²) in [4.78, 5) is 1.51. The summed E-state index contributed by atoms with van der Waals surface area (Å²) in [5, 5.41) is 9.45. The molecular formula is C36H23NS. The van der Waals surface area contributed by atoms with Crippen LogP contribution in [0.3, 0.4) is 0 Å². The molecule has 1 aliphatic carbocycles. The minimum Gasteiger partial charge on any atom is -0.309 e. The molecule has 2 heteroatoms. The van der Waals surface area contributed by atoms with Crippen LogP contribution >= 0.6 is 11.3 Å². The third kappa shape index (κ3) is 2.70. The lowest BCUT2D eigenvalue weighted by Gasteiger charge is -2.14.